The zero-order valence-electron chi connectivity index (χ0n) is 15.3. The van der Waals surface area contributed by atoms with Gasteiger partial charge >= 0.3 is 0 Å². The van der Waals surface area contributed by atoms with Crippen LogP contribution in [-0.4, -0.2) is 56.2 Å². The highest BCUT2D eigenvalue weighted by atomic mass is 16.2. The van der Waals surface area contributed by atoms with Gasteiger partial charge in [0.15, 0.2) is 5.82 Å². The highest BCUT2D eigenvalue weighted by Gasteiger charge is 2.39. The molecule has 1 amide bonds. The van der Waals surface area contributed by atoms with E-state index in [4.69, 9.17) is 0 Å². The summed E-state index contributed by atoms with van der Waals surface area (Å²) in [7, 11) is 0. The van der Waals surface area contributed by atoms with Crippen LogP contribution in [0, 0.1) is 12.8 Å². The Bertz CT molecular complexity index is 729. The summed E-state index contributed by atoms with van der Waals surface area (Å²) >= 11 is 0. The van der Waals surface area contributed by atoms with Crippen LogP contribution in [0.15, 0.2) is 30.9 Å². The third-order valence-electron chi connectivity index (χ3n) is 5.63. The maximum atomic E-state index is 12.5. The van der Waals surface area contributed by atoms with Gasteiger partial charge in [-0.05, 0) is 44.2 Å². The van der Waals surface area contributed by atoms with Crippen LogP contribution < -0.4 is 4.90 Å². The Morgan fingerprint density at radius 2 is 2.12 bits per heavy atom. The molecule has 0 aromatic carbocycles. The number of rotatable bonds is 5. The predicted octanol–water partition coefficient (Wildman–Crippen LogP) is 1.89. The first-order valence-corrected chi connectivity index (χ1v) is 9.51. The molecule has 2 aliphatic rings. The number of hydrogen-bond donors (Lipinski definition) is 0. The van der Waals surface area contributed by atoms with E-state index in [1.54, 1.807) is 6.20 Å². The van der Waals surface area contributed by atoms with E-state index in [-0.39, 0.29) is 0 Å². The van der Waals surface area contributed by atoms with Crippen LogP contribution in [0.2, 0.25) is 0 Å². The first-order chi connectivity index (χ1) is 12.7. The van der Waals surface area contributed by atoms with Gasteiger partial charge in [0.05, 0.1) is 12.0 Å². The first kappa shape index (κ1) is 17.0. The van der Waals surface area contributed by atoms with Gasteiger partial charge in [0, 0.05) is 51.0 Å². The van der Waals surface area contributed by atoms with E-state index in [9.17, 15) is 4.79 Å². The molecule has 4 heterocycles. The lowest BCUT2D eigenvalue weighted by molar-refractivity contribution is -0.139. The lowest BCUT2D eigenvalue weighted by Gasteiger charge is -2.47. The van der Waals surface area contributed by atoms with Crippen LogP contribution in [0.5, 0.6) is 0 Å². The summed E-state index contributed by atoms with van der Waals surface area (Å²) in [6.45, 7) is 5.60. The van der Waals surface area contributed by atoms with Crippen molar-refractivity contribution in [2.45, 2.75) is 45.2 Å². The number of carbonyl (C=O) groups is 1. The molecule has 2 saturated heterocycles. The smallest absolute Gasteiger partial charge is 0.222 e. The summed E-state index contributed by atoms with van der Waals surface area (Å²) in [6.07, 6.45) is 9.24. The molecule has 0 saturated carbocycles. The summed E-state index contributed by atoms with van der Waals surface area (Å²) < 4.78 is 2.07. The first-order valence-electron chi connectivity index (χ1n) is 9.51. The Morgan fingerprint density at radius 1 is 1.19 bits per heavy atom. The fourth-order valence-electron chi connectivity index (χ4n) is 4.25. The van der Waals surface area contributed by atoms with Crippen LogP contribution in [0.3, 0.4) is 0 Å². The second-order valence-corrected chi connectivity index (χ2v) is 7.37. The number of piperidine rings is 2. The van der Waals surface area contributed by atoms with E-state index >= 15 is 0 Å². The van der Waals surface area contributed by atoms with Crippen molar-refractivity contribution in [1.82, 2.24) is 24.6 Å². The standard InChI is InChI=1S/C19H26N6O/c1-15-3-5-18(22-21-15)24-11-7-17-16(13-24)4-6-19(26)25(17)10-2-9-23-12-8-20-14-23/h3,5,8,12,14,16-17H,2,4,6-7,9-11,13H2,1H3/t16-,17+/m1/s1. The summed E-state index contributed by atoms with van der Waals surface area (Å²) in [6, 6.07) is 4.44. The van der Waals surface area contributed by atoms with Crippen LogP contribution in [0.25, 0.3) is 0 Å². The highest BCUT2D eigenvalue weighted by Crippen LogP contribution is 2.32. The second-order valence-electron chi connectivity index (χ2n) is 7.37. The molecule has 26 heavy (non-hydrogen) atoms. The van der Waals surface area contributed by atoms with Crippen LogP contribution in [-0.2, 0) is 11.3 Å². The van der Waals surface area contributed by atoms with E-state index in [1.807, 2.05) is 25.5 Å². The molecule has 2 fully saturated rings. The Morgan fingerprint density at radius 3 is 2.88 bits per heavy atom. The minimum absolute atomic E-state index is 0.320. The molecule has 0 N–H and O–H groups in total. The molecule has 0 bridgehead atoms. The monoisotopic (exact) mass is 354 g/mol. The number of nitrogens with zero attached hydrogens (tertiary/aromatic N) is 6. The SMILES string of the molecule is Cc1ccc(N2CC[C@H]3[C@H](CCC(=O)N3CCCn3ccnc3)C2)nn1. The number of carbonyl (C=O) groups excluding carboxylic acids is 1. The van der Waals surface area contributed by atoms with Crippen LogP contribution in [0.4, 0.5) is 5.82 Å². The average molecular weight is 354 g/mol. The van der Waals surface area contributed by atoms with E-state index in [2.05, 4.69) is 35.6 Å². The van der Waals surface area contributed by atoms with E-state index in [0.717, 1.165) is 57.0 Å². The van der Waals surface area contributed by atoms with E-state index < -0.39 is 0 Å². The summed E-state index contributed by atoms with van der Waals surface area (Å²) in [4.78, 5) is 21.0. The normalized spacial score (nSPS) is 23.2. The zero-order valence-corrected chi connectivity index (χ0v) is 15.3. The fraction of sp³-hybridized carbons (Fsp3) is 0.579. The van der Waals surface area contributed by atoms with Crippen LogP contribution >= 0.6 is 0 Å². The van der Waals surface area contributed by atoms with Gasteiger partial charge in [-0.2, -0.15) is 5.10 Å². The molecule has 2 aliphatic heterocycles. The predicted molar refractivity (Wildman–Crippen MR) is 98.7 cm³/mol. The molecule has 4 rings (SSSR count). The molecule has 2 atom stereocenters. The molecule has 2 aromatic rings. The average Bonchev–Trinajstić information content (AvgIpc) is 3.17. The molecule has 7 nitrogen and oxygen atoms in total. The molecule has 0 unspecified atom stereocenters. The largest absolute Gasteiger partial charge is 0.355 e. The minimum Gasteiger partial charge on any atom is -0.355 e. The quantitative estimate of drug-likeness (QED) is 0.820. The van der Waals surface area contributed by atoms with Gasteiger partial charge in [0.1, 0.15) is 0 Å². The van der Waals surface area contributed by atoms with Crippen molar-refractivity contribution in [3.8, 4) is 0 Å². The number of anilines is 1. The second kappa shape index (κ2) is 7.43. The van der Waals surface area contributed by atoms with E-state index in [1.165, 1.54) is 0 Å². The number of hydrogen-bond acceptors (Lipinski definition) is 5. The van der Waals surface area contributed by atoms with Crippen molar-refractivity contribution < 1.29 is 4.79 Å². The van der Waals surface area contributed by atoms with Gasteiger partial charge in [0.2, 0.25) is 5.91 Å². The van der Waals surface area contributed by atoms with Gasteiger partial charge in [-0.3, -0.25) is 4.79 Å². The Kier molecular flexibility index (Phi) is 4.86. The maximum absolute atomic E-state index is 12.5. The highest BCUT2D eigenvalue weighted by molar-refractivity contribution is 5.77. The van der Waals surface area contributed by atoms with Gasteiger partial charge in [-0.1, -0.05) is 0 Å². The number of imidazole rings is 1. The summed E-state index contributed by atoms with van der Waals surface area (Å²) in [5, 5.41) is 8.52. The van der Waals surface area contributed by atoms with E-state index in [0.29, 0.717) is 24.3 Å². The molecular weight excluding hydrogens is 328 g/mol. The lowest BCUT2D eigenvalue weighted by atomic mass is 9.83. The third kappa shape index (κ3) is 3.57. The van der Waals surface area contributed by atoms with Crippen molar-refractivity contribution in [3.05, 3.63) is 36.5 Å². The van der Waals surface area contributed by atoms with Crippen molar-refractivity contribution in [2.24, 2.45) is 5.92 Å². The maximum Gasteiger partial charge on any atom is 0.222 e. The molecule has 7 heteroatoms. The Balaban J connectivity index is 1.37. The Hall–Kier alpha value is -2.44. The fourth-order valence-corrected chi connectivity index (χ4v) is 4.25. The number of amides is 1. The number of aryl methyl sites for hydroxylation is 2. The lowest BCUT2D eigenvalue weighted by Crippen LogP contribution is -2.56. The molecule has 138 valence electrons. The number of fused-ring (bicyclic) bond motifs is 1. The van der Waals surface area contributed by atoms with Gasteiger partial charge < -0.3 is 14.4 Å². The molecular formula is C19H26N6O. The van der Waals surface area contributed by atoms with Gasteiger partial charge in [-0.15, -0.1) is 5.10 Å². The Labute approximate surface area is 154 Å². The van der Waals surface area contributed by atoms with Crippen LogP contribution in [0.1, 0.15) is 31.4 Å². The third-order valence-corrected chi connectivity index (χ3v) is 5.63. The van der Waals surface area contributed by atoms with Crippen molar-refractivity contribution >= 4 is 11.7 Å². The minimum atomic E-state index is 0.320. The number of likely N-dealkylation sites (tertiary alicyclic amines) is 1. The van der Waals surface area contributed by atoms with Gasteiger partial charge in [-0.25, -0.2) is 4.98 Å². The summed E-state index contributed by atoms with van der Waals surface area (Å²) in [5.74, 6) is 1.80. The zero-order chi connectivity index (χ0) is 17.9. The molecule has 0 spiro atoms. The van der Waals surface area contributed by atoms with Crippen molar-refractivity contribution in [3.63, 3.8) is 0 Å². The van der Waals surface area contributed by atoms with Crippen molar-refractivity contribution in [1.29, 1.82) is 0 Å². The van der Waals surface area contributed by atoms with Crippen molar-refractivity contribution in [2.75, 3.05) is 24.5 Å². The summed E-state index contributed by atoms with van der Waals surface area (Å²) in [5.41, 5.74) is 0.941. The van der Waals surface area contributed by atoms with Gasteiger partial charge in [0.25, 0.3) is 0 Å². The molecule has 0 aliphatic carbocycles. The molecule has 0 radical (unpaired) electrons. The molecule has 2 aromatic heterocycles. The number of aromatic nitrogens is 4. The topological polar surface area (TPSA) is 67.2 Å².